The second kappa shape index (κ2) is 7.02. The van der Waals surface area contributed by atoms with E-state index in [9.17, 15) is 4.79 Å². The molecule has 1 saturated heterocycles. The van der Waals surface area contributed by atoms with Crippen molar-refractivity contribution in [1.82, 2.24) is 10.2 Å². The summed E-state index contributed by atoms with van der Waals surface area (Å²) in [4.78, 5) is 16.3. The van der Waals surface area contributed by atoms with E-state index in [1.165, 1.54) is 5.56 Å². The summed E-state index contributed by atoms with van der Waals surface area (Å²) in [5, 5.41) is 4.26. The molecule has 1 atom stereocenters. The molecule has 2 aromatic carbocycles. The van der Waals surface area contributed by atoms with E-state index in [1.54, 1.807) is 11.8 Å². The number of benzene rings is 2. The highest BCUT2D eigenvalue weighted by atomic mass is 35.5. The topological polar surface area (TPSA) is 32.3 Å². The molecule has 2 aromatic rings. The maximum absolute atomic E-state index is 13.2. The number of nitrogens with zero attached hydrogens (tertiary/aromatic N) is 1. The van der Waals surface area contributed by atoms with Crippen molar-refractivity contribution < 1.29 is 4.79 Å². The number of amides is 1. The van der Waals surface area contributed by atoms with Crippen molar-refractivity contribution in [2.45, 2.75) is 28.5 Å². The van der Waals surface area contributed by atoms with Gasteiger partial charge in [0.25, 0.3) is 0 Å². The Hall–Kier alpha value is -1.49. The normalized spacial score (nSPS) is 21.8. The van der Waals surface area contributed by atoms with E-state index in [1.807, 2.05) is 35.2 Å². The van der Waals surface area contributed by atoms with Crippen LogP contribution in [0.25, 0.3) is 0 Å². The molecule has 1 saturated carbocycles. The van der Waals surface area contributed by atoms with E-state index < -0.39 is 0 Å². The predicted molar refractivity (Wildman–Crippen MR) is 103 cm³/mol. The van der Waals surface area contributed by atoms with E-state index in [0.29, 0.717) is 0 Å². The quantitative estimate of drug-likeness (QED) is 0.875. The van der Waals surface area contributed by atoms with Gasteiger partial charge in [-0.25, -0.2) is 0 Å². The molecule has 0 bridgehead atoms. The molecule has 1 amide bonds. The second-order valence-electron chi connectivity index (χ2n) is 6.72. The minimum absolute atomic E-state index is 0.218. The fraction of sp³-hybridized carbons (Fsp3) is 0.350. The van der Waals surface area contributed by atoms with Gasteiger partial charge in [-0.3, -0.25) is 4.79 Å². The summed E-state index contributed by atoms with van der Waals surface area (Å²) >= 11 is 7.66. The molecule has 4 rings (SSSR count). The summed E-state index contributed by atoms with van der Waals surface area (Å²) in [6, 6.07) is 18.4. The van der Waals surface area contributed by atoms with Gasteiger partial charge in [0.1, 0.15) is 0 Å². The average Bonchev–Trinajstić information content (AvgIpc) is 3.44. The maximum atomic E-state index is 13.2. The summed E-state index contributed by atoms with van der Waals surface area (Å²) in [6.45, 7) is 2.36. The summed E-state index contributed by atoms with van der Waals surface area (Å²) in [7, 11) is 0. The van der Waals surface area contributed by atoms with Crippen LogP contribution in [0, 0.1) is 0 Å². The minimum atomic E-state index is -0.271. The van der Waals surface area contributed by atoms with Gasteiger partial charge < -0.3 is 10.2 Å². The third kappa shape index (κ3) is 3.71. The number of rotatable bonds is 4. The summed E-state index contributed by atoms with van der Waals surface area (Å²) in [5.41, 5.74) is 1.25. The lowest BCUT2D eigenvalue weighted by Crippen LogP contribution is -2.51. The molecule has 0 spiro atoms. The van der Waals surface area contributed by atoms with Crippen LogP contribution in [-0.4, -0.2) is 35.2 Å². The van der Waals surface area contributed by atoms with Crippen LogP contribution >= 0.6 is 23.4 Å². The molecule has 2 aliphatic rings. The molecule has 1 aliphatic heterocycles. The van der Waals surface area contributed by atoms with Crippen LogP contribution in [0.15, 0.2) is 59.5 Å². The Morgan fingerprint density at radius 1 is 1.12 bits per heavy atom. The number of carbonyl (C=O) groups is 1. The Morgan fingerprint density at radius 3 is 2.52 bits per heavy atom. The van der Waals surface area contributed by atoms with Crippen molar-refractivity contribution in [3.8, 4) is 0 Å². The van der Waals surface area contributed by atoms with E-state index >= 15 is 0 Å². The van der Waals surface area contributed by atoms with Gasteiger partial charge in [-0.1, -0.05) is 41.9 Å². The first-order chi connectivity index (χ1) is 12.2. The summed E-state index contributed by atoms with van der Waals surface area (Å²) in [6.07, 6.45) is 1.91. The Kier molecular flexibility index (Phi) is 4.76. The number of piperazine rings is 1. The van der Waals surface area contributed by atoms with Crippen molar-refractivity contribution in [2.75, 3.05) is 19.6 Å². The first-order valence-electron chi connectivity index (χ1n) is 8.69. The zero-order valence-electron chi connectivity index (χ0n) is 14.0. The van der Waals surface area contributed by atoms with Crippen molar-refractivity contribution in [3.63, 3.8) is 0 Å². The van der Waals surface area contributed by atoms with Crippen LogP contribution < -0.4 is 5.32 Å². The molecule has 25 heavy (non-hydrogen) atoms. The van der Waals surface area contributed by atoms with Crippen molar-refractivity contribution in [2.24, 2.45) is 0 Å². The average molecular weight is 373 g/mol. The lowest BCUT2D eigenvalue weighted by Gasteiger charge is -2.36. The van der Waals surface area contributed by atoms with Gasteiger partial charge in [-0.15, -0.1) is 11.8 Å². The Morgan fingerprint density at radius 2 is 1.84 bits per heavy atom. The van der Waals surface area contributed by atoms with Crippen molar-refractivity contribution in [3.05, 3.63) is 65.2 Å². The summed E-state index contributed by atoms with van der Waals surface area (Å²) in [5.74, 6) is 0.287. The van der Waals surface area contributed by atoms with Crippen molar-refractivity contribution >= 4 is 29.3 Å². The maximum Gasteiger partial charge on any atom is 0.239 e. The molecule has 1 N–H and O–H groups in total. The highest BCUT2D eigenvalue weighted by molar-refractivity contribution is 8.01. The van der Waals surface area contributed by atoms with E-state index in [0.717, 1.165) is 42.4 Å². The first kappa shape index (κ1) is 17.0. The van der Waals surface area contributed by atoms with Crippen LogP contribution in [0.5, 0.6) is 0 Å². The number of halogens is 1. The Labute approximate surface area is 157 Å². The predicted octanol–water partition coefficient (Wildman–Crippen LogP) is 4.14. The molecular formula is C20H21ClN2OS. The number of thioether (sulfide) groups is 1. The molecule has 2 fully saturated rings. The lowest BCUT2D eigenvalue weighted by atomic mass is 10.0. The van der Waals surface area contributed by atoms with Gasteiger partial charge in [0.15, 0.2) is 0 Å². The molecule has 130 valence electrons. The fourth-order valence-corrected chi connectivity index (χ4v) is 4.70. The standard InChI is InChI=1S/C20H21ClN2OS/c21-16-6-8-17(9-7-16)25-20(10-11-20)19(24)23-13-12-22-18(14-23)15-4-2-1-3-5-15/h1-9,18,22H,10-14H2. The van der Waals surface area contributed by atoms with Gasteiger partial charge in [0.05, 0.1) is 4.75 Å². The van der Waals surface area contributed by atoms with E-state index in [4.69, 9.17) is 11.6 Å². The van der Waals surface area contributed by atoms with E-state index in [2.05, 4.69) is 29.6 Å². The van der Waals surface area contributed by atoms with Crippen LogP contribution in [0.3, 0.4) is 0 Å². The largest absolute Gasteiger partial charge is 0.338 e. The Balaban J connectivity index is 1.45. The molecule has 0 aromatic heterocycles. The highest BCUT2D eigenvalue weighted by Crippen LogP contribution is 2.53. The second-order valence-corrected chi connectivity index (χ2v) is 8.61. The molecule has 1 heterocycles. The Bertz CT molecular complexity index is 746. The monoisotopic (exact) mass is 372 g/mol. The third-order valence-electron chi connectivity index (χ3n) is 4.89. The molecular weight excluding hydrogens is 352 g/mol. The van der Waals surface area contributed by atoms with Crippen molar-refractivity contribution in [1.29, 1.82) is 0 Å². The number of hydrogen-bond acceptors (Lipinski definition) is 3. The molecule has 1 unspecified atom stereocenters. The summed E-state index contributed by atoms with van der Waals surface area (Å²) < 4.78 is -0.271. The van der Waals surface area contributed by atoms with Gasteiger partial charge in [0.2, 0.25) is 5.91 Å². The van der Waals surface area contributed by atoms with Crippen LogP contribution in [0.2, 0.25) is 5.02 Å². The van der Waals surface area contributed by atoms with Gasteiger partial charge >= 0.3 is 0 Å². The zero-order valence-corrected chi connectivity index (χ0v) is 15.5. The minimum Gasteiger partial charge on any atom is -0.338 e. The number of carbonyl (C=O) groups excluding carboxylic acids is 1. The van der Waals surface area contributed by atoms with Gasteiger partial charge in [-0.05, 0) is 42.7 Å². The third-order valence-corrected chi connectivity index (χ3v) is 6.62. The van der Waals surface area contributed by atoms with E-state index in [-0.39, 0.29) is 16.7 Å². The smallest absolute Gasteiger partial charge is 0.239 e. The molecule has 3 nitrogen and oxygen atoms in total. The highest BCUT2D eigenvalue weighted by Gasteiger charge is 2.53. The van der Waals surface area contributed by atoms with Gasteiger partial charge in [0, 0.05) is 35.6 Å². The first-order valence-corrected chi connectivity index (χ1v) is 9.88. The zero-order chi connectivity index (χ0) is 17.3. The van der Waals surface area contributed by atoms with Crippen LogP contribution in [-0.2, 0) is 4.79 Å². The SMILES string of the molecule is O=C(N1CCNC(c2ccccc2)C1)C1(Sc2ccc(Cl)cc2)CC1. The molecule has 0 radical (unpaired) electrons. The number of hydrogen-bond donors (Lipinski definition) is 1. The molecule has 5 heteroatoms. The number of nitrogens with one attached hydrogen (secondary N) is 1. The molecule has 1 aliphatic carbocycles. The van der Waals surface area contributed by atoms with Crippen LogP contribution in [0.4, 0.5) is 0 Å². The fourth-order valence-electron chi connectivity index (χ4n) is 3.33. The lowest BCUT2D eigenvalue weighted by molar-refractivity contribution is -0.132. The van der Waals surface area contributed by atoms with Gasteiger partial charge in [-0.2, -0.15) is 0 Å². The van der Waals surface area contributed by atoms with Crippen LogP contribution in [0.1, 0.15) is 24.4 Å².